The van der Waals surface area contributed by atoms with Gasteiger partial charge in [-0.25, -0.2) is 0 Å². The molecule has 1 aliphatic heterocycles. The standard InChI is InChI=1S/C13H16S2/c1-2-12(13-14-8-9-15-13)10-11-6-4-3-5-7-11/h3-7,10,13H,2,8-9H2,1H3/b12-10+. The molecule has 0 bridgehead atoms. The van der Waals surface area contributed by atoms with Gasteiger partial charge in [0.1, 0.15) is 0 Å². The van der Waals surface area contributed by atoms with Gasteiger partial charge in [-0.1, -0.05) is 43.3 Å². The van der Waals surface area contributed by atoms with E-state index in [0.717, 1.165) is 0 Å². The minimum absolute atomic E-state index is 0.704. The second kappa shape index (κ2) is 5.66. The summed E-state index contributed by atoms with van der Waals surface area (Å²) in [6, 6.07) is 10.6. The molecule has 1 aliphatic rings. The van der Waals surface area contributed by atoms with E-state index in [1.807, 2.05) is 0 Å². The van der Waals surface area contributed by atoms with Gasteiger partial charge in [0.15, 0.2) is 0 Å². The smallest absolute Gasteiger partial charge is 0.0715 e. The van der Waals surface area contributed by atoms with Crippen molar-refractivity contribution in [3.8, 4) is 0 Å². The summed E-state index contributed by atoms with van der Waals surface area (Å²) in [6.07, 6.45) is 3.52. The first-order valence-corrected chi connectivity index (χ1v) is 7.48. The van der Waals surface area contributed by atoms with E-state index in [0.29, 0.717) is 4.58 Å². The van der Waals surface area contributed by atoms with Gasteiger partial charge in [0.2, 0.25) is 0 Å². The molecule has 0 unspecified atom stereocenters. The fourth-order valence-corrected chi connectivity index (χ4v) is 4.73. The molecule has 0 atom stereocenters. The molecule has 0 aliphatic carbocycles. The number of hydrogen-bond acceptors (Lipinski definition) is 2. The largest absolute Gasteiger partial charge is 0.142 e. The highest BCUT2D eigenvalue weighted by atomic mass is 32.2. The van der Waals surface area contributed by atoms with E-state index in [1.54, 1.807) is 5.57 Å². The molecule has 2 rings (SSSR count). The van der Waals surface area contributed by atoms with Gasteiger partial charge in [-0.15, -0.1) is 23.5 Å². The molecule has 1 saturated heterocycles. The van der Waals surface area contributed by atoms with Crippen molar-refractivity contribution < 1.29 is 0 Å². The SMILES string of the molecule is CC/C(=C\c1ccccc1)C1SCCS1. The predicted molar refractivity (Wildman–Crippen MR) is 73.4 cm³/mol. The van der Waals surface area contributed by atoms with E-state index in [2.05, 4.69) is 66.9 Å². The zero-order chi connectivity index (χ0) is 10.5. The zero-order valence-electron chi connectivity index (χ0n) is 8.98. The summed E-state index contributed by atoms with van der Waals surface area (Å²) in [4.78, 5) is 0. The van der Waals surface area contributed by atoms with Crippen molar-refractivity contribution >= 4 is 29.6 Å². The Morgan fingerprint density at radius 3 is 2.53 bits per heavy atom. The summed E-state index contributed by atoms with van der Waals surface area (Å²) in [5.41, 5.74) is 2.91. The Balaban J connectivity index is 2.15. The highest BCUT2D eigenvalue weighted by Gasteiger charge is 2.19. The first kappa shape index (κ1) is 11.2. The fraction of sp³-hybridized carbons (Fsp3) is 0.385. The first-order valence-electron chi connectivity index (χ1n) is 5.39. The van der Waals surface area contributed by atoms with Gasteiger partial charge in [0.25, 0.3) is 0 Å². The van der Waals surface area contributed by atoms with Crippen molar-refractivity contribution in [2.24, 2.45) is 0 Å². The summed E-state index contributed by atoms with van der Waals surface area (Å²) in [5.74, 6) is 2.61. The molecule has 0 aromatic heterocycles. The molecule has 0 N–H and O–H groups in total. The molecule has 0 amide bonds. The van der Waals surface area contributed by atoms with E-state index in [4.69, 9.17) is 0 Å². The van der Waals surface area contributed by atoms with Gasteiger partial charge in [-0.05, 0) is 17.6 Å². The molecule has 2 heteroatoms. The van der Waals surface area contributed by atoms with Crippen LogP contribution < -0.4 is 0 Å². The molecule has 0 nitrogen and oxygen atoms in total. The topological polar surface area (TPSA) is 0 Å². The molecule has 80 valence electrons. The minimum Gasteiger partial charge on any atom is -0.142 e. The third-order valence-corrected chi connectivity index (χ3v) is 5.65. The van der Waals surface area contributed by atoms with Crippen molar-refractivity contribution in [1.29, 1.82) is 0 Å². The van der Waals surface area contributed by atoms with Crippen LogP contribution >= 0.6 is 23.5 Å². The molecule has 15 heavy (non-hydrogen) atoms. The lowest BCUT2D eigenvalue weighted by Crippen LogP contribution is -1.96. The van der Waals surface area contributed by atoms with Gasteiger partial charge >= 0.3 is 0 Å². The summed E-state index contributed by atoms with van der Waals surface area (Å²) >= 11 is 4.18. The van der Waals surface area contributed by atoms with Crippen molar-refractivity contribution in [2.45, 2.75) is 17.9 Å². The number of thioether (sulfide) groups is 2. The lowest BCUT2D eigenvalue weighted by molar-refractivity contribution is 1.10. The van der Waals surface area contributed by atoms with Crippen molar-refractivity contribution in [1.82, 2.24) is 0 Å². The third kappa shape index (κ3) is 3.05. The molecular formula is C13H16S2. The van der Waals surface area contributed by atoms with E-state index < -0.39 is 0 Å². The molecule has 1 fully saturated rings. The van der Waals surface area contributed by atoms with Crippen LogP contribution in [0.3, 0.4) is 0 Å². The van der Waals surface area contributed by atoms with Crippen LogP contribution in [0.1, 0.15) is 18.9 Å². The van der Waals surface area contributed by atoms with Gasteiger partial charge in [0.05, 0.1) is 4.58 Å². The summed E-state index contributed by atoms with van der Waals surface area (Å²) < 4.78 is 0.704. The maximum absolute atomic E-state index is 2.36. The van der Waals surface area contributed by atoms with E-state index in [1.165, 1.54) is 23.5 Å². The molecule has 0 spiro atoms. The van der Waals surface area contributed by atoms with Gasteiger partial charge in [0, 0.05) is 11.5 Å². The Morgan fingerprint density at radius 2 is 1.93 bits per heavy atom. The van der Waals surface area contributed by atoms with Crippen LogP contribution in [-0.2, 0) is 0 Å². The van der Waals surface area contributed by atoms with Crippen molar-refractivity contribution in [3.05, 3.63) is 41.5 Å². The van der Waals surface area contributed by atoms with Crippen LogP contribution in [0.4, 0.5) is 0 Å². The van der Waals surface area contributed by atoms with Crippen LogP contribution in [0.25, 0.3) is 6.08 Å². The molecule has 1 heterocycles. The zero-order valence-corrected chi connectivity index (χ0v) is 10.6. The van der Waals surface area contributed by atoms with Crippen molar-refractivity contribution in [2.75, 3.05) is 11.5 Å². The number of rotatable bonds is 3. The normalized spacial score (nSPS) is 18.3. The van der Waals surface area contributed by atoms with Gasteiger partial charge in [-0.3, -0.25) is 0 Å². The van der Waals surface area contributed by atoms with Crippen LogP contribution in [0, 0.1) is 0 Å². The Labute approximate surface area is 101 Å². The van der Waals surface area contributed by atoms with Crippen LogP contribution in [0.5, 0.6) is 0 Å². The third-order valence-electron chi connectivity index (χ3n) is 2.48. The fourth-order valence-electron chi connectivity index (χ4n) is 1.67. The second-order valence-electron chi connectivity index (χ2n) is 3.56. The number of hydrogen-bond donors (Lipinski definition) is 0. The monoisotopic (exact) mass is 236 g/mol. The quantitative estimate of drug-likeness (QED) is 0.768. The lowest BCUT2D eigenvalue weighted by Gasteiger charge is -2.11. The average Bonchev–Trinajstić information content (AvgIpc) is 2.81. The Hall–Kier alpha value is -0.340. The van der Waals surface area contributed by atoms with E-state index in [9.17, 15) is 0 Å². The Kier molecular flexibility index (Phi) is 4.21. The van der Waals surface area contributed by atoms with Crippen LogP contribution in [0.15, 0.2) is 35.9 Å². The Bertz CT molecular complexity index is 324. The van der Waals surface area contributed by atoms with Gasteiger partial charge < -0.3 is 0 Å². The molecule has 1 aromatic rings. The summed E-state index contributed by atoms with van der Waals surface area (Å²) in [5, 5.41) is 0. The van der Waals surface area contributed by atoms with E-state index in [-0.39, 0.29) is 0 Å². The predicted octanol–water partition coefficient (Wildman–Crippen LogP) is 4.29. The highest BCUT2D eigenvalue weighted by molar-refractivity contribution is 8.20. The van der Waals surface area contributed by atoms with Crippen LogP contribution in [0.2, 0.25) is 0 Å². The lowest BCUT2D eigenvalue weighted by atomic mass is 10.1. The average molecular weight is 236 g/mol. The highest BCUT2D eigenvalue weighted by Crippen LogP contribution is 2.38. The maximum Gasteiger partial charge on any atom is 0.0715 e. The van der Waals surface area contributed by atoms with Gasteiger partial charge in [-0.2, -0.15) is 0 Å². The molecular weight excluding hydrogens is 220 g/mol. The second-order valence-corrected chi connectivity index (χ2v) is 6.28. The van der Waals surface area contributed by atoms with Crippen LogP contribution in [-0.4, -0.2) is 16.1 Å². The first-order chi connectivity index (χ1) is 7.40. The molecule has 1 aromatic carbocycles. The van der Waals surface area contributed by atoms with Crippen molar-refractivity contribution in [3.63, 3.8) is 0 Å². The maximum atomic E-state index is 2.36. The Morgan fingerprint density at radius 1 is 1.27 bits per heavy atom. The molecule has 0 radical (unpaired) electrons. The molecule has 0 saturated carbocycles. The summed E-state index contributed by atoms with van der Waals surface area (Å²) in [7, 11) is 0. The minimum atomic E-state index is 0.704. The number of benzene rings is 1. The van der Waals surface area contributed by atoms with E-state index >= 15 is 0 Å². The summed E-state index contributed by atoms with van der Waals surface area (Å²) in [6.45, 7) is 2.26.